The molecular formula is C25H32N4O3. The SMILES string of the molecule is NCCC[C@@H](C(=O)NCCCc1ccccc1)N(Cc1cc2ccccc2o1)C(=O)CN. The molecule has 0 saturated carbocycles. The van der Waals surface area contributed by atoms with Crippen LogP contribution in [0.15, 0.2) is 65.1 Å². The van der Waals surface area contributed by atoms with Gasteiger partial charge in [0.15, 0.2) is 0 Å². The highest BCUT2D eigenvalue weighted by Crippen LogP contribution is 2.22. The van der Waals surface area contributed by atoms with E-state index in [1.807, 2.05) is 48.5 Å². The average Bonchev–Trinajstić information content (AvgIpc) is 3.24. The second-order valence-electron chi connectivity index (χ2n) is 7.80. The first-order valence-corrected chi connectivity index (χ1v) is 11.1. The molecule has 0 fully saturated rings. The summed E-state index contributed by atoms with van der Waals surface area (Å²) < 4.78 is 5.88. The number of fused-ring (bicyclic) bond motifs is 1. The molecule has 170 valence electrons. The number of nitrogens with zero attached hydrogens (tertiary/aromatic N) is 1. The topological polar surface area (TPSA) is 115 Å². The lowest BCUT2D eigenvalue weighted by Gasteiger charge is -2.30. The summed E-state index contributed by atoms with van der Waals surface area (Å²) in [4.78, 5) is 27.3. The zero-order chi connectivity index (χ0) is 22.8. The number of hydrogen-bond acceptors (Lipinski definition) is 5. The number of para-hydroxylation sites is 1. The average molecular weight is 437 g/mol. The van der Waals surface area contributed by atoms with Gasteiger partial charge in [-0.15, -0.1) is 0 Å². The van der Waals surface area contributed by atoms with Crippen LogP contribution in [-0.2, 0) is 22.6 Å². The molecule has 0 unspecified atom stereocenters. The molecular weight excluding hydrogens is 404 g/mol. The van der Waals surface area contributed by atoms with Gasteiger partial charge in [-0.25, -0.2) is 0 Å². The number of furan rings is 1. The number of nitrogens with two attached hydrogens (primary N) is 2. The summed E-state index contributed by atoms with van der Waals surface area (Å²) in [5.41, 5.74) is 13.3. The van der Waals surface area contributed by atoms with E-state index in [0.717, 1.165) is 23.8 Å². The Kier molecular flexibility index (Phi) is 8.83. The molecule has 1 heterocycles. The van der Waals surface area contributed by atoms with E-state index in [1.54, 1.807) is 0 Å². The molecule has 3 aromatic rings. The Bertz CT molecular complexity index is 970. The summed E-state index contributed by atoms with van der Waals surface area (Å²) in [5, 5.41) is 3.94. The number of amides is 2. The zero-order valence-electron chi connectivity index (χ0n) is 18.3. The van der Waals surface area contributed by atoms with Crippen LogP contribution in [0.25, 0.3) is 11.0 Å². The third-order valence-corrected chi connectivity index (χ3v) is 5.44. The Morgan fingerprint density at radius 3 is 2.47 bits per heavy atom. The van der Waals surface area contributed by atoms with Crippen LogP contribution in [0.4, 0.5) is 0 Å². The number of benzene rings is 2. The first-order chi connectivity index (χ1) is 15.6. The molecule has 2 aromatic carbocycles. The second kappa shape index (κ2) is 12.0. The third-order valence-electron chi connectivity index (χ3n) is 5.44. The predicted molar refractivity (Wildman–Crippen MR) is 126 cm³/mol. The van der Waals surface area contributed by atoms with Gasteiger partial charge in [0.25, 0.3) is 0 Å². The van der Waals surface area contributed by atoms with Crippen molar-refractivity contribution in [3.8, 4) is 0 Å². The van der Waals surface area contributed by atoms with E-state index in [0.29, 0.717) is 31.7 Å². The molecule has 0 bridgehead atoms. The van der Waals surface area contributed by atoms with Crippen LogP contribution in [0.3, 0.4) is 0 Å². The van der Waals surface area contributed by atoms with Crippen molar-refractivity contribution in [2.45, 2.75) is 38.3 Å². The fraction of sp³-hybridized carbons (Fsp3) is 0.360. The molecule has 7 heteroatoms. The van der Waals surface area contributed by atoms with E-state index >= 15 is 0 Å². The maximum atomic E-state index is 13.1. The van der Waals surface area contributed by atoms with Crippen LogP contribution >= 0.6 is 0 Å². The van der Waals surface area contributed by atoms with E-state index < -0.39 is 6.04 Å². The van der Waals surface area contributed by atoms with Crippen LogP contribution < -0.4 is 16.8 Å². The molecule has 0 aliphatic heterocycles. The predicted octanol–water partition coefficient (Wildman–Crippen LogP) is 2.58. The quantitative estimate of drug-likeness (QED) is 0.378. The van der Waals surface area contributed by atoms with Crippen molar-refractivity contribution in [2.24, 2.45) is 11.5 Å². The smallest absolute Gasteiger partial charge is 0.242 e. The van der Waals surface area contributed by atoms with Gasteiger partial charge in [0.05, 0.1) is 13.1 Å². The first kappa shape index (κ1) is 23.5. The number of carbonyl (C=O) groups excluding carboxylic acids is 2. The van der Waals surface area contributed by atoms with Gasteiger partial charge in [-0.1, -0.05) is 48.5 Å². The molecule has 7 nitrogen and oxygen atoms in total. The molecule has 0 aliphatic rings. The lowest BCUT2D eigenvalue weighted by atomic mass is 10.1. The Labute approximate surface area is 188 Å². The van der Waals surface area contributed by atoms with Crippen molar-refractivity contribution in [3.05, 3.63) is 72.0 Å². The minimum Gasteiger partial charge on any atom is -0.459 e. The number of nitrogens with one attached hydrogen (secondary N) is 1. The number of hydrogen-bond donors (Lipinski definition) is 3. The van der Waals surface area contributed by atoms with Gasteiger partial charge in [-0.3, -0.25) is 9.59 Å². The highest BCUT2D eigenvalue weighted by atomic mass is 16.3. The van der Waals surface area contributed by atoms with Crippen LogP contribution in [-0.4, -0.2) is 42.4 Å². The summed E-state index contributed by atoms with van der Waals surface area (Å²) in [5.74, 6) is 0.124. The van der Waals surface area contributed by atoms with E-state index in [2.05, 4.69) is 17.4 Å². The lowest BCUT2D eigenvalue weighted by Crippen LogP contribution is -2.51. The highest BCUT2D eigenvalue weighted by molar-refractivity contribution is 5.88. The molecule has 0 spiro atoms. The number of carbonyl (C=O) groups is 2. The molecule has 0 saturated heterocycles. The summed E-state index contributed by atoms with van der Waals surface area (Å²) in [6.07, 6.45) is 2.77. The van der Waals surface area contributed by atoms with Crippen molar-refractivity contribution in [3.63, 3.8) is 0 Å². The Morgan fingerprint density at radius 2 is 1.75 bits per heavy atom. The van der Waals surface area contributed by atoms with Gasteiger partial charge >= 0.3 is 0 Å². The Morgan fingerprint density at radius 1 is 1.00 bits per heavy atom. The maximum Gasteiger partial charge on any atom is 0.242 e. The standard InChI is InChI=1S/C25H32N4O3/c26-14-6-12-22(25(31)28-15-7-10-19-8-2-1-3-9-19)29(24(30)17-27)18-21-16-20-11-4-5-13-23(20)32-21/h1-5,8-9,11,13,16,22H,6-7,10,12,14-15,17-18,26-27H2,(H,28,31)/t22-/m0/s1. The normalized spacial score (nSPS) is 11.9. The minimum atomic E-state index is -0.653. The van der Waals surface area contributed by atoms with Crippen molar-refractivity contribution in [1.82, 2.24) is 10.2 Å². The summed E-state index contributed by atoms with van der Waals surface area (Å²) in [6.45, 7) is 0.966. The van der Waals surface area contributed by atoms with E-state index in [4.69, 9.17) is 15.9 Å². The Balaban J connectivity index is 1.68. The fourth-order valence-electron chi connectivity index (χ4n) is 3.78. The fourth-order valence-corrected chi connectivity index (χ4v) is 3.78. The number of aryl methyl sites for hydroxylation is 1. The van der Waals surface area contributed by atoms with E-state index in [1.165, 1.54) is 10.5 Å². The van der Waals surface area contributed by atoms with Crippen molar-refractivity contribution in [2.75, 3.05) is 19.6 Å². The molecule has 2 amide bonds. The largest absolute Gasteiger partial charge is 0.459 e. The maximum absolute atomic E-state index is 13.1. The van der Waals surface area contributed by atoms with Crippen LogP contribution in [0.1, 0.15) is 30.6 Å². The van der Waals surface area contributed by atoms with Gasteiger partial charge in [0, 0.05) is 11.9 Å². The second-order valence-corrected chi connectivity index (χ2v) is 7.80. The van der Waals surface area contributed by atoms with Crippen molar-refractivity contribution < 1.29 is 14.0 Å². The van der Waals surface area contributed by atoms with Crippen LogP contribution in [0, 0.1) is 0 Å². The highest BCUT2D eigenvalue weighted by Gasteiger charge is 2.29. The molecule has 0 radical (unpaired) electrons. The summed E-state index contributed by atoms with van der Waals surface area (Å²) in [6, 6.07) is 19.0. The summed E-state index contributed by atoms with van der Waals surface area (Å²) >= 11 is 0. The van der Waals surface area contributed by atoms with Gasteiger partial charge in [0.2, 0.25) is 11.8 Å². The van der Waals surface area contributed by atoms with Gasteiger partial charge in [-0.05, 0) is 49.9 Å². The van der Waals surface area contributed by atoms with Crippen LogP contribution in [0.2, 0.25) is 0 Å². The molecule has 0 aliphatic carbocycles. The van der Waals surface area contributed by atoms with Crippen molar-refractivity contribution >= 4 is 22.8 Å². The van der Waals surface area contributed by atoms with Gasteiger partial charge in [-0.2, -0.15) is 0 Å². The van der Waals surface area contributed by atoms with Gasteiger partial charge < -0.3 is 26.1 Å². The summed E-state index contributed by atoms with van der Waals surface area (Å²) in [7, 11) is 0. The van der Waals surface area contributed by atoms with E-state index in [-0.39, 0.29) is 24.9 Å². The zero-order valence-corrected chi connectivity index (χ0v) is 18.3. The van der Waals surface area contributed by atoms with Crippen molar-refractivity contribution in [1.29, 1.82) is 0 Å². The molecule has 1 aromatic heterocycles. The molecule has 1 atom stereocenters. The Hall–Kier alpha value is -3.16. The lowest BCUT2D eigenvalue weighted by molar-refractivity contribution is -0.140. The van der Waals surface area contributed by atoms with Crippen LogP contribution in [0.5, 0.6) is 0 Å². The third kappa shape index (κ3) is 6.42. The minimum absolute atomic E-state index is 0.178. The van der Waals surface area contributed by atoms with E-state index in [9.17, 15) is 9.59 Å². The first-order valence-electron chi connectivity index (χ1n) is 11.1. The monoisotopic (exact) mass is 436 g/mol. The molecule has 32 heavy (non-hydrogen) atoms. The van der Waals surface area contributed by atoms with Gasteiger partial charge in [0.1, 0.15) is 17.4 Å². The molecule has 3 rings (SSSR count). The number of rotatable bonds is 12. The molecule has 5 N–H and O–H groups in total.